The first-order chi connectivity index (χ1) is 8.99. The molecule has 0 radical (unpaired) electrons. The van der Waals surface area contributed by atoms with Crippen LogP contribution in [0.15, 0.2) is 36.5 Å². The van der Waals surface area contributed by atoms with Gasteiger partial charge in [0.1, 0.15) is 5.15 Å². The summed E-state index contributed by atoms with van der Waals surface area (Å²) in [5, 5.41) is 10.9. The molecule has 0 saturated carbocycles. The number of nitrogens with zero attached hydrogens (tertiary/aromatic N) is 3. The molecule has 0 fully saturated rings. The van der Waals surface area contributed by atoms with E-state index < -0.39 is 16.4 Å². The van der Waals surface area contributed by atoms with E-state index in [1.165, 1.54) is 12.3 Å². The van der Waals surface area contributed by atoms with Crippen molar-refractivity contribution < 1.29 is 9.31 Å². The van der Waals surface area contributed by atoms with Crippen LogP contribution in [0.3, 0.4) is 0 Å². The highest BCUT2D eigenvalue weighted by atomic mass is 35.5. The monoisotopic (exact) mass is 281 g/mol. The van der Waals surface area contributed by atoms with Gasteiger partial charge in [0.2, 0.25) is 5.82 Å². The topological polar surface area (TPSA) is 59.3 Å². The molecule has 19 heavy (non-hydrogen) atoms. The van der Waals surface area contributed by atoms with Gasteiger partial charge in [-0.3, -0.25) is 10.1 Å². The first-order valence-electron chi connectivity index (χ1n) is 5.28. The summed E-state index contributed by atoms with van der Waals surface area (Å²) in [7, 11) is 1.70. The highest BCUT2D eigenvalue weighted by Gasteiger charge is 2.15. The van der Waals surface area contributed by atoms with E-state index in [1.807, 2.05) is 0 Å². The molecule has 0 amide bonds. The maximum Gasteiger partial charge on any atom is 0.304 e. The van der Waals surface area contributed by atoms with Gasteiger partial charge in [0, 0.05) is 36.8 Å². The van der Waals surface area contributed by atoms with Gasteiger partial charge in [-0.25, -0.2) is 4.98 Å². The average Bonchev–Trinajstić information content (AvgIpc) is 2.37. The van der Waals surface area contributed by atoms with E-state index in [4.69, 9.17) is 11.6 Å². The zero-order valence-corrected chi connectivity index (χ0v) is 10.6. The first kappa shape index (κ1) is 13.2. The van der Waals surface area contributed by atoms with Crippen LogP contribution in [0.2, 0.25) is 5.15 Å². The summed E-state index contributed by atoms with van der Waals surface area (Å²) in [6, 6.07) is 7.01. The smallest absolute Gasteiger partial charge is 0.304 e. The first-order valence-corrected chi connectivity index (χ1v) is 5.66. The Labute approximate surface area is 113 Å². The maximum absolute atomic E-state index is 13.5. The van der Waals surface area contributed by atoms with Gasteiger partial charge in [-0.2, -0.15) is 4.39 Å². The molecule has 0 aliphatic heterocycles. The molecule has 0 spiro atoms. The van der Waals surface area contributed by atoms with E-state index in [-0.39, 0.29) is 0 Å². The van der Waals surface area contributed by atoms with Crippen LogP contribution in [-0.2, 0) is 0 Å². The second kappa shape index (κ2) is 5.19. The normalized spacial score (nSPS) is 10.3. The maximum atomic E-state index is 13.5. The van der Waals surface area contributed by atoms with E-state index in [9.17, 15) is 14.5 Å². The Balaban J connectivity index is 2.37. The Morgan fingerprint density at radius 3 is 2.58 bits per heavy atom. The number of hydrogen-bond donors (Lipinski definition) is 0. The zero-order chi connectivity index (χ0) is 14.0. The molecule has 0 bridgehead atoms. The van der Waals surface area contributed by atoms with Gasteiger partial charge in [-0.05, 0) is 18.2 Å². The van der Waals surface area contributed by atoms with E-state index in [2.05, 4.69) is 4.98 Å². The molecular weight excluding hydrogens is 273 g/mol. The second-order valence-electron chi connectivity index (χ2n) is 3.79. The third kappa shape index (κ3) is 2.79. The van der Waals surface area contributed by atoms with Crippen LogP contribution in [0.4, 0.5) is 21.5 Å². The molecule has 0 aliphatic carbocycles. The van der Waals surface area contributed by atoms with Crippen LogP contribution in [0.25, 0.3) is 0 Å². The largest absolute Gasteiger partial charge is 0.344 e. The van der Waals surface area contributed by atoms with Crippen LogP contribution in [0.1, 0.15) is 0 Å². The number of benzene rings is 1. The number of nitro groups is 1. The van der Waals surface area contributed by atoms with Crippen LogP contribution in [0, 0.1) is 15.9 Å². The zero-order valence-electron chi connectivity index (χ0n) is 9.88. The van der Waals surface area contributed by atoms with Crippen molar-refractivity contribution in [2.45, 2.75) is 0 Å². The predicted octanol–water partition coefficient (Wildman–Crippen LogP) is 3.55. The van der Waals surface area contributed by atoms with Gasteiger partial charge in [-0.15, -0.1) is 0 Å². The van der Waals surface area contributed by atoms with Crippen LogP contribution >= 0.6 is 11.6 Å². The van der Waals surface area contributed by atoms with E-state index in [0.717, 1.165) is 12.1 Å². The number of halogens is 2. The van der Waals surface area contributed by atoms with Gasteiger partial charge in [-0.1, -0.05) is 11.6 Å². The van der Waals surface area contributed by atoms with Crippen molar-refractivity contribution in [3.05, 3.63) is 57.6 Å². The number of anilines is 2. The number of nitro benzene ring substituents is 1. The van der Waals surface area contributed by atoms with Gasteiger partial charge in [0.25, 0.3) is 0 Å². The van der Waals surface area contributed by atoms with Crippen molar-refractivity contribution in [3.63, 3.8) is 0 Å². The number of pyridine rings is 1. The quantitative estimate of drug-likeness (QED) is 0.490. The van der Waals surface area contributed by atoms with E-state index in [0.29, 0.717) is 16.5 Å². The Morgan fingerprint density at radius 1 is 1.32 bits per heavy atom. The highest BCUT2D eigenvalue weighted by Crippen LogP contribution is 2.28. The summed E-state index contributed by atoms with van der Waals surface area (Å²) in [5.41, 5.74) is 0.628. The molecule has 0 N–H and O–H groups in total. The summed E-state index contributed by atoms with van der Waals surface area (Å²) < 4.78 is 13.5. The number of aromatic nitrogens is 1. The summed E-state index contributed by atoms with van der Waals surface area (Å²) in [6.45, 7) is 0. The SMILES string of the molecule is CN(c1ccnc(Cl)c1)c1ccc([N+](=O)[O-])c(F)c1. The van der Waals surface area contributed by atoms with Crippen LogP contribution in [0.5, 0.6) is 0 Å². The van der Waals surface area contributed by atoms with Crippen molar-refractivity contribution in [2.24, 2.45) is 0 Å². The summed E-state index contributed by atoms with van der Waals surface area (Å²) in [5.74, 6) is -0.880. The molecule has 1 aromatic carbocycles. The molecular formula is C12H9ClFN3O2. The molecule has 0 unspecified atom stereocenters. The third-order valence-corrected chi connectivity index (χ3v) is 2.82. The van der Waals surface area contributed by atoms with Crippen LogP contribution in [-0.4, -0.2) is 17.0 Å². The standard InChI is InChI=1S/C12H9ClFN3O2/c1-16(9-4-5-15-12(13)7-9)8-2-3-11(17(18)19)10(14)6-8/h2-7H,1H3. The Bertz CT molecular complexity index is 636. The number of hydrogen-bond acceptors (Lipinski definition) is 4. The summed E-state index contributed by atoms with van der Waals surface area (Å²) in [4.78, 5) is 15.3. The Morgan fingerprint density at radius 2 is 2.00 bits per heavy atom. The van der Waals surface area contributed by atoms with Gasteiger partial charge < -0.3 is 4.90 Å². The molecule has 1 aromatic heterocycles. The van der Waals surface area contributed by atoms with Crippen molar-refractivity contribution in [1.29, 1.82) is 0 Å². The molecule has 0 atom stereocenters. The lowest BCUT2D eigenvalue weighted by Gasteiger charge is -2.19. The molecule has 2 aromatic rings. The van der Waals surface area contributed by atoms with Gasteiger partial charge in [0.15, 0.2) is 0 Å². The fourth-order valence-electron chi connectivity index (χ4n) is 1.60. The summed E-state index contributed by atoms with van der Waals surface area (Å²) in [6.07, 6.45) is 1.52. The minimum atomic E-state index is -0.880. The molecule has 5 nitrogen and oxygen atoms in total. The van der Waals surface area contributed by atoms with Crippen LogP contribution < -0.4 is 4.90 Å². The lowest BCUT2D eigenvalue weighted by molar-refractivity contribution is -0.387. The van der Waals surface area contributed by atoms with Gasteiger partial charge in [0.05, 0.1) is 4.92 Å². The van der Waals surface area contributed by atoms with Crippen molar-refractivity contribution >= 4 is 28.7 Å². The minimum absolute atomic E-state index is 0.312. The van der Waals surface area contributed by atoms with Crippen molar-refractivity contribution in [3.8, 4) is 0 Å². The number of rotatable bonds is 3. The molecule has 0 aliphatic rings. The average molecular weight is 282 g/mol. The Hall–Kier alpha value is -2.21. The highest BCUT2D eigenvalue weighted by molar-refractivity contribution is 6.29. The minimum Gasteiger partial charge on any atom is -0.344 e. The predicted molar refractivity (Wildman–Crippen MR) is 70.4 cm³/mol. The van der Waals surface area contributed by atoms with Crippen molar-refractivity contribution in [2.75, 3.05) is 11.9 Å². The molecule has 7 heteroatoms. The lowest BCUT2D eigenvalue weighted by Crippen LogP contribution is -2.10. The Kier molecular flexibility index (Phi) is 3.62. The molecule has 2 rings (SSSR count). The lowest BCUT2D eigenvalue weighted by atomic mass is 10.2. The van der Waals surface area contributed by atoms with E-state index >= 15 is 0 Å². The molecule has 1 heterocycles. The summed E-state index contributed by atoms with van der Waals surface area (Å²) >= 11 is 5.77. The second-order valence-corrected chi connectivity index (χ2v) is 4.18. The third-order valence-electron chi connectivity index (χ3n) is 2.61. The molecule has 98 valence electrons. The van der Waals surface area contributed by atoms with E-state index in [1.54, 1.807) is 24.1 Å². The van der Waals surface area contributed by atoms with Gasteiger partial charge >= 0.3 is 5.69 Å². The fourth-order valence-corrected chi connectivity index (χ4v) is 1.77. The van der Waals surface area contributed by atoms with Crippen molar-refractivity contribution in [1.82, 2.24) is 4.98 Å². The molecule has 0 saturated heterocycles. The fraction of sp³-hybridized carbons (Fsp3) is 0.0833.